The van der Waals surface area contributed by atoms with E-state index in [-0.39, 0.29) is 5.91 Å². The molecule has 0 N–H and O–H groups in total. The van der Waals surface area contributed by atoms with Crippen molar-refractivity contribution in [1.82, 2.24) is 9.47 Å². The van der Waals surface area contributed by atoms with Crippen LogP contribution in [0, 0.1) is 5.92 Å². The first-order chi connectivity index (χ1) is 8.11. The number of rotatable bonds is 2. The molecule has 1 aliphatic heterocycles. The molecule has 1 aromatic rings. The Kier molecular flexibility index (Phi) is 3.92. The lowest BCUT2D eigenvalue weighted by Crippen LogP contribution is -2.38. The van der Waals surface area contributed by atoms with E-state index in [0.717, 1.165) is 48.6 Å². The van der Waals surface area contributed by atoms with Gasteiger partial charge in [-0.1, -0.05) is 6.92 Å². The molecule has 0 radical (unpaired) electrons. The lowest BCUT2D eigenvalue weighted by Gasteiger charge is -2.30. The van der Waals surface area contributed by atoms with Gasteiger partial charge in [-0.2, -0.15) is 0 Å². The number of amides is 1. The third kappa shape index (κ3) is 2.73. The monoisotopic (exact) mass is 298 g/mol. The van der Waals surface area contributed by atoms with Gasteiger partial charge in [0.15, 0.2) is 0 Å². The Morgan fingerprint density at radius 2 is 2.12 bits per heavy atom. The van der Waals surface area contributed by atoms with Crippen LogP contribution in [0.3, 0.4) is 0 Å². The number of carbonyl (C=O) groups excluding carboxylic acids is 1. The Morgan fingerprint density at radius 3 is 2.71 bits per heavy atom. The van der Waals surface area contributed by atoms with Crippen LogP contribution in [0.1, 0.15) is 37.2 Å². The fraction of sp³-hybridized carbons (Fsp3) is 0.615. The highest BCUT2D eigenvalue weighted by molar-refractivity contribution is 9.10. The summed E-state index contributed by atoms with van der Waals surface area (Å²) in [6, 6.07) is 1.92. The normalized spacial score (nSPS) is 17.5. The lowest BCUT2D eigenvalue weighted by atomic mass is 9.99. The molecule has 2 rings (SSSR count). The predicted molar refractivity (Wildman–Crippen MR) is 72.1 cm³/mol. The van der Waals surface area contributed by atoms with Gasteiger partial charge in [0, 0.05) is 30.3 Å². The van der Waals surface area contributed by atoms with Crippen molar-refractivity contribution >= 4 is 21.8 Å². The predicted octanol–water partition coefficient (Wildman–Crippen LogP) is 3.14. The number of aromatic nitrogens is 1. The number of hydrogen-bond donors (Lipinski definition) is 0. The number of hydrogen-bond acceptors (Lipinski definition) is 1. The molecule has 1 fully saturated rings. The molecule has 17 heavy (non-hydrogen) atoms. The molecule has 1 aliphatic rings. The van der Waals surface area contributed by atoms with Gasteiger partial charge in [0.2, 0.25) is 0 Å². The summed E-state index contributed by atoms with van der Waals surface area (Å²) in [6.07, 6.45) is 4.22. The summed E-state index contributed by atoms with van der Waals surface area (Å²) in [7, 11) is 0. The zero-order valence-electron chi connectivity index (χ0n) is 10.4. The fourth-order valence-corrected chi connectivity index (χ4v) is 2.75. The van der Waals surface area contributed by atoms with Crippen molar-refractivity contribution in [1.29, 1.82) is 0 Å². The van der Waals surface area contributed by atoms with Crippen LogP contribution in [0.25, 0.3) is 0 Å². The maximum absolute atomic E-state index is 12.4. The van der Waals surface area contributed by atoms with Crippen molar-refractivity contribution in [2.75, 3.05) is 13.1 Å². The molecule has 0 bridgehead atoms. The SMILES string of the molecule is CCn1cc(Br)cc1C(=O)N1CCC(C)CC1. The van der Waals surface area contributed by atoms with Crippen LogP contribution in [0.15, 0.2) is 16.7 Å². The van der Waals surface area contributed by atoms with E-state index in [1.54, 1.807) is 0 Å². The number of carbonyl (C=O) groups is 1. The van der Waals surface area contributed by atoms with Gasteiger partial charge < -0.3 is 9.47 Å². The molecule has 2 heterocycles. The highest BCUT2D eigenvalue weighted by atomic mass is 79.9. The number of nitrogens with zero attached hydrogens (tertiary/aromatic N) is 2. The molecule has 1 saturated heterocycles. The zero-order chi connectivity index (χ0) is 12.4. The van der Waals surface area contributed by atoms with E-state index in [1.165, 1.54) is 0 Å². The lowest BCUT2D eigenvalue weighted by molar-refractivity contribution is 0.0686. The van der Waals surface area contributed by atoms with Gasteiger partial charge in [-0.15, -0.1) is 0 Å². The maximum Gasteiger partial charge on any atom is 0.270 e. The van der Waals surface area contributed by atoms with E-state index in [9.17, 15) is 4.79 Å². The van der Waals surface area contributed by atoms with Crippen LogP contribution in [0.5, 0.6) is 0 Å². The first-order valence-electron chi connectivity index (χ1n) is 6.26. The van der Waals surface area contributed by atoms with Gasteiger partial charge >= 0.3 is 0 Å². The summed E-state index contributed by atoms with van der Waals surface area (Å²) >= 11 is 3.43. The highest BCUT2D eigenvalue weighted by Crippen LogP contribution is 2.21. The average Bonchev–Trinajstić information content (AvgIpc) is 2.70. The summed E-state index contributed by atoms with van der Waals surface area (Å²) in [5, 5.41) is 0. The van der Waals surface area contributed by atoms with E-state index in [2.05, 4.69) is 29.8 Å². The fourth-order valence-electron chi connectivity index (χ4n) is 2.29. The zero-order valence-corrected chi connectivity index (χ0v) is 12.0. The summed E-state index contributed by atoms with van der Waals surface area (Å²) in [5.74, 6) is 0.924. The standard InChI is InChI=1S/C13H19BrN2O/c1-3-15-9-11(14)8-12(15)13(17)16-6-4-10(2)5-7-16/h8-10H,3-7H2,1-2H3. The number of aryl methyl sites for hydroxylation is 1. The molecule has 0 atom stereocenters. The first-order valence-corrected chi connectivity index (χ1v) is 7.06. The van der Waals surface area contributed by atoms with E-state index in [0.29, 0.717) is 0 Å². The van der Waals surface area contributed by atoms with Gasteiger partial charge in [-0.25, -0.2) is 0 Å². The smallest absolute Gasteiger partial charge is 0.270 e. The maximum atomic E-state index is 12.4. The largest absolute Gasteiger partial charge is 0.343 e. The topological polar surface area (TPSA) is 25.2 Å². The van der Waals surface area contributed by atoms with E-state index >= 15 is 0 Å². The van der Waals surface area contributed by atoms with Crippen LogP contribution in [-0.4, -0.2) is 28.5 Å². The Labute approximate surface area is 111 Å². The minimum Gasteiger partial charge on any atom is -0.343 e. The number of piperidine rings is 1. The second kappa shape index (κ2) is 5.25. The van der Waals surface area contributed by atoms with Gasteiger partial charge in [0.25, 0.3) is 5.91 Å². The second-order valence-electron chi connectivity index (χ2n) is 4.80. The molecule has 94 valence electrons. The quantitative estimate of drug-likeness (QED) is 0.823. The first kappa shape index (κ1) is 12.7. The van der Waals surface area contributed by atoms with Crippen LogP contribution in [-0.2, 0) is 6.54 Å². The van der Waals surface area contributed by atoms with Crippen molar-refractivity contribution in [3.05, 3.63) is 22.4 Å². The molecule has 3 nitrogen and oxygen atoms in total. The minimum atomic E-state index is 0.171. The van der Waals surface area contributed by atoms with E-state index in [4.69, 9.17) is 0 Å². The van der Waals surface area contributed by atoms with Crippen LogP contribution in [0.2, 0.25) is 0 Å². The highest BCUT2D eigenvalue weighted by Gasteiger charge is 2.23. The van der Waals surface area contributed by atoms with Crippen molar-refractivity contribution < 1.29 is 4.79 Å². The Balaban J connectivity index is 2.13. The molecule has 4 heteroatoms. The summed E-state index contributed by atoms with van der Waals surface area (Å²) in [5.41, 5.74) is 0.800. The molecule has 0 unspecified atom stereocenters. The van der Waals surface area contributed by atoms with Crippen LogP contribution < -0.4 is 0 Å². The Hall–Kier alpha value is -0.770. The molecule has 0 saturated carbocycles. The third-order valence-electron chi connectivity index (χ3n) is 3.49. The number of likely N-dealkylation sites (tertiary alicyclic amines) is 1. The molecule has 0 aliphatic carbocycles. The average molecular weight is 299 g/mol. The van der Waals surface area contributed by atoms with Crippen molar-refractivity contribution in [3.63, 3.8) is 0 Å². The second-order valence-corrected chi connectivity index (χ2v) is 5.72. The molecule has 1 amide bonds. The third-order valence-corrected chi connectivity index (χ3v) is 3.93. The summed E-state index contributed by atoms with van der Waals surface area (Å²) in [4.78, 5) is 14.4. The van der Waals surface area contributed by atoms with Crippen LogP contribution in [0.4, 0.5) is 0 Å². The van der Waals surface area contributed by atoms with Crippen molar-refractivity contribution in [2.45, 2.75) is 33.2 Å². The molecule has 0 aromatic carbocycles. The van der Waals surface area contributed by atoms with Gasteiger partial charge in [-0.05, 0) is 47.7 Å². The van der Waals surface area contributed by atoms with Gasteiger partial charge in [0.05, 0.1) is 0 Å². The molecular weight excluding hydrogens is 280 g/mol. The number of halogens is 1. The Morgan fingerprint density at radius 1 is 1.47 bits per heavy atom. The van der Waals surface area contributed by atoms with E-state index in [1.807, 2.05) is 21.7 Å². The molecule has 0 spiro atoms. The molecular formula is C13H19BrN2O. The van der Waals surface area contributed by atoms with E-state index < -0.39 is 0 Å². The van der Waals surface area contributed by atoms with Gasteiger partial charge in [0.1, 0.15) is 5.69 Å². The van der Waals surface area contributed by atoms with Gasteiger partial charge in [-0.3, -0.25) is 4.79 Å². The minimum absolute atomic E-state index is 0.171. The summed E-state index contributed by atoms with van der Waals surface area (Å²) < 4.78 is 2.98. The molecule has 1 aromatic heterocycles. The summed E-state index contributed by atoms with van der Waals surface area (Å²) in [6.45, 7) is 6.94. The Bertz CT molecular complexity index is 406. The van der Waals surface area contributed by atoms with Crippen molar-refractivity contribution in [3.8, 4) is 0 Å². The van der Waals surface area contributed by atoms with Crippen molar-refractivity contribution in [2.24, 2.45) is 5.92 Å². The van der Waals surface area contributed by atoms with Crippen LogP contribution >= 0.6 is 15.9 Å².